The number of hydrazone groups is 2. The van der Waals surface area contributed by atoms with E-state index in [9.17, 15) is 19.5 Å². The molecule has 68 heavy (non-hydrogen) atoms. The molecule has 0 radical (unpaired) electrons. The van der Waals surface area contributed by atoms with Gasteiger partial charge in [0.15, 0.2) is 13.9 Å². The number of aromatic nitrogens is 3. The van der Waals surface area contributed by atoms with Crippen molar-refractivity contribution in [2.75, 3.05) is 21.5 Å². The van der Waals surface area contributed by atoms with Crippen LogP contribution in [-0.4, -0.2) is 75.1 Å². The van der Waals surface area contributed by atoms with Crippen LogP contribution >= 0.6 is 0 Å². The van der Waals surface area contributed by atoms with E-state index in [0.29, 0.717) is 60.5 Å². The van der Waals surface area contributed by atoms with E-state index in [1.165, 1.54) is 10.0 Å². The van der Waals surface area contributed by atoms with Crippen molar-refractivity contribution >= 4 is 54.5 Å². The van der Waals surface area contributed by atoms with Crippen LogP contribution < -0.4 is 14.9 Å². The van der Waals surface area contributed by atoms with Gasteiger partial charge in [-0.2, -0.15) is 10.2 Å². The Balaban J connectivity index is 1.01. The van der Waals surface area contributed by atoms with Crippen LogP contribution in [0.4, 0.5) is 17.1 Å². The molecule has 1 aromatic heterocycles. The average molecular weight is 927 g/mol. The fraction of sp³-hybridized carbons (Fsp3) is 0.302. The lowest BCUT2D eigenvalue weighted by Gasteiger charge is -2.32. The summed E-state index contributed by atoms with van der Waals surface area (Å²) in [6, 6.07) is 42.4. The molecule has 10 rings (SSSR count). The second-order valence-corrected chi connectivity index (χ2v) is 22.7. The highest BCUT2D eigenvalue weighted by Gasteiger charge is 2.66. The van der Waals surface area contributed by atoms with Crippen molar-refractivity contribution in [1.82, 2.24) is 15.0 Å². The fourth-order valence-corrected chi connectivity index (χ4v) is 13.3. The van der Waals surface area contributed by atoms with Crippen LogP contribution in [0.25, 0.3) is 0 Å². The molecule has 1 spiro atoms. The number of carbonyl (C=O) groups excluding carboxylic acids is 3. The summed E-state index contributed by atoms with van der Waals surface area (Å²) in [5.74, 6) is -1.39. The third-order valence-corrected chi connectivity index (χ3v) is 16.4. The molecule has 5 heterocycles. The van der Waals surface area contributed by atoms with Crippen molar-refractivity contribution in [3.8, 4) is 0 Å². The van der Waals surface area contributed by atoms with E-state index in [0.717, 1.165) is 33.7 Å². The van der Waals surface area contributed by atoms with E-state index in [2.05, 4.69) is 10.3 Å². The number of aliphatic hydroxyl groups excluding tert-OH is 1. The van der Waals surface area contributed by atoms with Gasteiger partial charge in [0.05, 0.1) is 59.4 Å². The second-order valence-electron chi connectivity index (χ2n) is 18.7. The third-order valence-electron chi connectivity index (χ3n) is 13.9. The summed E-state index contributed by atoms with van der Waals surface area (Å²) in [6.45, 7) is 6.18. The molecule has 14 nitrogen and oxygen atoms in total. The normalized spacial score (nSPS) is 22.2. The first-order chi connectivity index (χ1) is 32.9. The van der Waals surface area contributed by atoms with E-state index < -0.39 is 25.9 Å². The highest BCUT2D eigenvalue weighted by atomic mass is 28.4. The molecule has 2 N–H and O–H groups in total. The van der Waals surface area contributed by atoms with Crippen LogP contribution in [0.15, 0.2) is 150 Å². The number of benzene rings is 5. The maximum Gasteiger partial charge on any atom is 0.264 e. The Bertz CT molecular complexity index is 2920. The molecule has 5 aromatic carbocycles. The van der Waals surface area contributed by atoms with E-state index in [1.807, 2.05) is 160 Å². The average Bonchev–Trinajstić information content (AvgIpc) is 4.02. The highest BCUT2D eigenvalue weighted by Crippen LogP contribution is 2.60. The lowest BCUT2D eigenvalue weighted by Crippen LogP contribution is -2.46. The smallest absolute Gasteiger partial charge is 0.264 e. The molecule has 0 aliphatic carbocycles. The number of carbonyl (C=O) groups is 3. The summed E-state index contributed by atoms with van der Waals surface area (Å²) in [5.41, 5.74) is 6.25. The molecule has 346 valence electrons. The molecule has 0 saturated carbocycles. The van der Waals surface area contributed by atoms with E-state index in [-0.39, 0.29) is 48.8 Å². The van der Waals surface area contributed by atoms with Crippen molar-refractivity contribution in [1.29, 1.82) is 0 Å². The molecule has 1 unspecified atom stereocenters. The van der Waals surface area contributed by atoms with Gasteiger partial charge >= 0.3 is 0 Å². The molecular weight excluding hydrogens is 873 g/mol. The molecule has 1 saturated heterocycles. The van der Waals surface area contributed by atoms with Crippen LogP contribution in [0.2, 0.25) is 18.6 Å². The number of amides is 3. The van der Waals surface area contributed by atoms with Crippen LogP contribution in [0, 0.1) is 5.92 Å². The monoisotopic (exact) mass is 926 g/mol. The SMILES string of the molecule is C[C@H]1[C@H]([Si](C)(C)O)[C@@H](CCn2cc(C(CO)c3ccccc3)nn2)O[C@]12C(=O)N(Cc1cccc(N3N=C(c4ccccc4)CCC3=O)c1)c1ccc(N3N=C(c4ccccc4)CCC3=O)cc12. The third kappa shape index (κ3) is 8.29. The number of ether oxygens (including phenoxy) is 1. The minimum absolute atomic E-state index is 0.117. The highest BCUT2D eigenvalue weighted by molar-refractivity contribution is 6.71. The van der Waals surface area contributed by atoms with Gasteiger partial charge in [-0.15, -0.1) is 5.10 Å². The molecule has 1 fully saturated rings. The van der Waals surface area contributed by atoms with E-state index in [4.69, 9.17) is 14.9 Å². The van der Waals surface area contributed by atoms with Crippen molar-refractivity contribution in [3.63, 3.8) is 0 Å². The summed E-state index contributed by atoms with van der Waals surface area (Å²) in [4.78, 5) is 56.6. The van der Waals surface area contributed by atoms with Gasteiger partial charge in [0, 0.05) is 55.4 Å². The number of hydrogen-bond donors (Lipinski definition) is 2. The molecular formula is C53H54N8O6Si. The molecule has 4 aliphatic heterocycles. The van der Waals surface area contributed by atoms with Crippen LogP contribution in [0.1, 0.15) is 78.5 Å². The Hall–Kier alpha value is -6.91. The maximum atomic E-state index is 15.7. The number of rotatable bonds is 13. The van der Waals surface area contributed by atoms with Gasteiger partial charge in [-0.05, 0) is 72.1 Å². The Morgan fingerprint density at radius 3 is 1.96 bits per heavy atom. The van der Waals surface area contributed by atoms with Gasteiger partial charge in [-0.3, -0.25) is 19.1 Å². The zero-order valence-electron chi connectivity index (χ0n) is 38.4. The van der Waals surface area contributed by atoms with E-state index >= 15 is 4.79 Å². The number of hydrogen-bond acceptors (Lipinski definition) is 10. The summed E-state index contributed by atoms with van der Waals surface area (Å²) in [6.07, 6.45) is 3.31. The zero-order chi connectivity index (χ0) is 47.2. The topological polar surface area (TPSA) is 166 Å². The standard InChI is InChI=1S/C53H54N8O6Si/c1-35-51(68(2,3)66)48(28-29-58-33-46(54-57-58)42(34-62)37-15-7-4-8-16-37)67-53(35)43-31-41(61-50(64)27-24-45(56-61)39-19-11-6-12-20-39)22-25-47(43)59(52(53)65)32-36-14-13-21-40(30-36)60-49(63)26-23-44(55-60)38-17-9-5-10-18-38/h4-22,25,30-31,33,35,42,48,51,62,66H,23-24,26-29,32,34H2,1-3H3/t35-,42?,48+,51-,53+/m0/s1. The lowest BCUT2D eigenvalue weighted by molar-refractivity contribution is -0.146. The largest absolute Gasteiger partial charge is 0.432 e. The number of anilines is 3. The Morgan fingerprint density at radius 2 is 1.35 bits per heavy atom. The first-order valence-corrected chi connectivity index (χ1v) is 26.4. The number of aliphatic hydroxyl groups is 1. The Morgan fingerprint density at radius 1 is 0.750 bits per heavy atom. The molecule has 5 atom stereocenters. The van der Waals surface area contributed by atoms with Gasteiger partial charge in [-0.25, -0.2) is 10.0 Å². The fourth-order valence-electron chi connectivity index (χ4n) is 10.7. The molecule has 6 aromatic rings. The summed E-state index contributed by atoms with van der Waals surface area (Å²) in [5, 5.41) is 31.8. The van der Waals surface area contributed by atoms with Gasteiger partial charge in [0.25, 0.3) is 5.91 Å². The molecule has 3 amide bonds. The first kappa shape index (κ1) is 44.9. The molecule has 4 aliphatic rings. The van der Waals surface area contributed by atoms with Crippen LogP contribution in [0.5, 0.6) is 0 Å². The summed E-state index contributed by atoms with van der Waals surface area (Å²) < 4.78 is 8.98. The number of fused-ring (bicyclic) bond motifs is 2. The Kier molecular flexibility index (Phi) is 12.1. The van der Waals surface area contributed by atoms with Crippen molar-refractivity contribution in [2.45, 2.75) is 88.4 Å². The van der Waals surface area contributed by atoms with Crippen molar-refractivity contribution in [3.05, 3.63) is 173 Å². The molecule has 0 bridgehead atoms. The summed E-state index contributed by atoms with van der Waals surface area (Å²) >= 11 is 0. The number of nitrogens with zero attached hydrogens (tertiary/aromatic N) is 8. The quantitative estimate of drug-likeness (QED) is 0.110. The number of aryl methyl sites for hydroxylation is 1. The van der Waals surface area contributed by atoms with Gasteiger partial charge in [0.1, 0.15) is 0 Å². The van der Waals surface area contributed by atoms with E-state index in [1.54, 1.807) is 9.58 Å². The Labute approximate surface area is 396 Å². The van der Waals surface area contributed by atoms with Gasteiger partial charge in [0.2, 0.25) is 11.8 Å². The van der Waals surface area contributed by atoms with Crippen LogP contribution in [0.3, 0.4) is 0 Å². The second kappa shape index (κ2) is 18.3. The summed E-state index contributed by atoms with van der Waals surface area (Å²) in [7, 11) is -3.07. The minimum atomic E-state index is -3.07. The lowest BCUT2D eigenvalue weighted by atomic mass is 9.82. The zero-order valence-corrected chi connectivity index (χ0v) is 39.4. The predicted molar refractivity (Wildman–Crippen MR) is 263 cm³/mol. The predicted octanol–water partition coefficient (Wildman–Crippen LogP) is 7.90. The first-order valence-electron chi connectivity index (χ1n) is 23.4. The van der Waals surface area contributed by atoms with Crippen molar-refractivity contribution in [2.24, 2.45) is 16.1 Å². The van der Waals surface area contributed by atoms with Crippen molar-refractivity contribution < 1.29 is 29.0 Å². The van der Waals surface area contributed by atoms with Crippen LogP contribution in [-0.2, 0) is 37.8 Å². The maximum absolute atomic E-state index is 15.7. The van der Waals surface area contributed by atoms with Gasteiger partial charge in [-0.1, -0.05) is 115 Å². The molecule has 15 heteroatoms. The van der Waals surface area contributed by atoms with Gasteiger partial charge < -0.3 is 19.5 Å². The minimum Gasteiger partial charge on any atom is -0.432 e.